The quantitative estimate of drug-likeness (QED) is 0.804. The number of nitrogens with zero attached hydrogens (tertiary/aromatic N) is 3. The van der Waals surface area contributed by atoms with Crippen LogP contribution in [0.3, 0.4) is 0 Å². The molecule has 0 saturated heterocycles. The molecule has 6 nitrogen and oxygen atoms in total. The zero-order valence-electron chi connectivity index (χ0n) is 10.4. The molecule has 2 aromatic rings. The largest absolute Gasteiger partial charge is 0.461 e. The number of furan rings is 1. The Morgan fingerprint density at radius 3 is 2.94 bits per heavy atom. The Kier molecular flexibility index (Phi) is 4.49. The average Bonchev–Trinajstić information content (AvgIpc) is 2.98. The number of hydrogen-bond donors (Lipinski definition) is 1. The summed E-state index contributed by atoms with van der Waals surface area (Å²) < 4.78 is 10.4. The second kappa shape index (κ2) is 6.32. The van der Waals surface area contributed by atoms with Gasteiger partial charge >= 0.3 is 0 Å². The topological polar surface area (TPSA) is 75.5 Å². The summed E-state index contributed by atoms with van der Waals surface area (Å²) in [5, 5.41) is 12.8. The highest BCUT2D eigenvalue weighted by molar-refractivity contribution is 5.44. The summed E-state index contributed by atoms with van der Waals surface area (Å²) >= 11 is 0. The fourth-order valence-corrected chi connectivity index (χ4v) is 1.74. The van der Waals surface area contributed by atoms with Crippen molar-refractivity contribution >= 4 is 0 Å². The second-order valence-electron chi connectivity index (χ2n) is 3.99. The Morgan fingerprint density at radius 1 is 1.39 bits per heavy atom. The van der Waals surface area contributed by atoms with Crippen LogP contribution in [0, 0.1) is 0 Å². The lowest BCUT2D eigenvalue weighted by Gasteiger charge is -2.17. The minimum Gasteiger partial charge on any atom is -0.461 e. The van der Waals surface area contributed by atoms with E-state index in [1.54, 1.807) is 18.4 Å². The molecule has 2 heterocycles. The van der Waals surface area contributed by atoms with Crippen molar-refractivity contribution in [3.63, 3.8) is 0 Å². The van der Waals surface area contributed by atoms with Crippen LogP contribution in [0.15, 0.2) is 27.3 Å². The molecule has 0 aromatic carbocycles. The van der Waals surface area contributed by atoms with Crippen LogP contribution in [0.5, 0.6) is 0 Å². The minimum atomic E-state index is 0.124. The molecule has 2 rings (SSSR count). The van der Waals surface area contributed by atoms with Gasteiger partial charge in [-0.05, 0) is 25.1 Å². The van der Waals surface area contributed by atoms with E-state index < -0.39 is 0 Å². The number of aliphatic hydroxyl groups is 1. The van der Waals surface area contributed by atoms with Crippen LogP contribution >= 0.6 is 0 Å². The summed E-state index contributed by atoms with van der Waals surface area (Å²) in [6.45, 7) is 4.25. The van der Waals surface area contributed by atoms with Crippen molar-refractivity contribution in [1.29, 1.82) is 0 Å². The lowest BCUT2D eigenvalue weighted by atomic mass is 10.4. The van der Waals surface area contributed by atoms with Gasteiger partial charge in [0.25, 0.3) is 0 Å². The summed E-state index contributed by atoms with van der Waals surface area (Å²) in [6.07, 6.45) is 2.58. The van der Waals surface area contributed by atoms with Crippen LogP contribution in [0.25, 0.3) is 11.6 Å². The van der Waals surface area contributed by atoms with Crippen molar-refractivity contribution in [3.05, 3.63) is 24.3 Å². The third-order valence-corrected chi connectivity index (χ3v) is 2.52. The fraction of sp³-hybridized carbons (Fsp3) is 0.500. The molecular weight excluding hydrogens is 234 g/mol. The maximum absolute atomic E-state index is 8.97. The van der Waals surface area contributed by atoms with E-state index >= 15 is 0 Å². The molecule has 2 aromatic heterocycles. The van der Waals surface area contributed by atoms with Crippen molar-refractivity contribution in [2.24, 2.45) is 0 Å². The van der Waals surface area contributed by atoms with E-state index in [4.69, 9.17) is 14.0 Å². The van der Waals surface area contributed by atoms with Crippen molar-refractivity contribution in [3.8, 4) is 11.6 Å². The van der Waals surface area contributed by atoms with Gasteiger partial charge < -0.3 is 14.0 Å². The molecule has 6 heteroatoms. The van der Waals surface area contributed by atoms with Gasteiger partial charge in [0.2, 0.25) is 11.7 Å². The summed E-state index contributed by atoms with van der Waals surface area (Å²) in [5.74, 6) is 1.58. The van der Waals surface area contributed by atoms with Gasteiger partial charge in [0.15, 0.2) is 5.76 Å². The Labute approximate surface area is 105 Å². The van der Waals surface area contributed by atoms with E-state index in [0.29, 0.717) is 30.6 Å². The van der Waals surface area contributed by atoms with Crippen LogP contribution in [-0.2, 0) is 6.54 Å². The van der Waals surface area contributed by atoms with E-state index in [9.17, 15) is 0 Å². The normalized spacial score (nSPS) is 11.3. The van der Waals surface area contributed by atoms with Crippen molar-refractivity contribution in [2.45, 2.75) is 19.9 Å². The standard InChI is InChI=1S/C12H17N3O3/c1-2-5-15(6-7-16)9-11-13-12(14-18-11)10-4-3-8-17-10/h3-4,8,16H,2,5-7,9H2,1H3. The van der Waals surface area contributed by atoms with E-state index in [0.717, 1.165) is 13.0 Å². The molecule has 0 bridgehead atoms. The highest BCUT2D eigenvalue weighted by atomic mass is 16.5. The lowest BCUT2D eigenvalue weighted by molar-refractivity contribution is 0.174. The first-order valence-corrected chi connectivity index (χ1v) is 6.03. The molecule has 1 N–H and O–H groups in total. The predicted molar refractivity (Wildman–Crippen MR) is 64.7 cm³/mol. The van der Waals surface area contributed by atoms with Gasteiger partial charge in [0.05, 0.1) is 19.4 Å². The molecule has 18 heavy (non-hydrogen) atoms. The zero-order valence-corrected chi connectivity index (χ0v) is 10.4. The van der Waals surface area contributed by atoms with Crippen LogP contribution in [0.2, 0.25) is 0 Å². The first-order chi connectivity index (χ1) is 8.83. The van der Waals surface area contributed by atoms with Crippen LogP contribution < -0.4 is 0 Å². The average molecular weight is 251 g/mol. The summed E-state index contributed by atoms with van der Waals surface area (Å²) in [6, 6.07) is 3.56. The predicted octanol–water partition coefficient (Wildman–Crippen LogP) is 1.53. The van der Waals surface area contributed by atoms with Gasteiger partial charge in [0.1, 0.15) is 0 Å². The Balaban J connectivity index is 2.01. The molecular formula is C12H17N3O3. The third-order valence-electron chi connectivity index (χ3n) is 2.52. The summed E-state index contributed by atoms with van der Waals surface area (Å²) in [7, 11) is 0. The summed E-state index contributed by atoms with van der Waals surface area (Å²) in [5.41, 5.74) is 0. The van der Waals surface area contributed by atoms with Gasteiger partial charge in [-0.1, -0.05) is 12.1 Å². The minimum absolute atomic E-state index is 0.124. The fourth-order valence-electron chi connectivity index (χ4n) is 1.74. The van der Waals surface area contributed by atoms with Gasteiger partial charge in [-0.15, -0.1) is 0 Å². The molecule has 98 valence electrons. The molecule has 0 aliphatic heterocycles. The molecule has 0 aliphatic rings. The highest BCUT2D eigenvalue weighted by Gasteiger charge is 2.13. The Bertz CT molecular complexity index is 447. The van der Waals surface area contributed by atoms with Crippen LogP contribution in [0.1, 0.15) is 19.2 Å². The third kappa shape index (κ3) is 3.18. The van der Waals surface area contributed by atoms with Gasteiger partial charge in [-0.2, -0.15) is 4.98 Å². The van der Waals surface area contributed by atoms with Gasteiger partial charge in [-0.3, -0.25) is 4.90 Å². The Hall–Kier alpha value is -1.66. The second-order valence-corrected chi connectivity index (χ2v) is 3.99. The first kappa shape index (κ1) is 12.8. The molecule has 0 aliphatic carbocycles. The van der Waals surface area contributed by atoms with Gasteiger partial charge in [0, 0.05) is 6.54 Å². The van der Waals surface area contributed by atoms with Crippen LogP contribution in [-0.4, -0.2) is 39.8 Å². The number of aromatic nitrogens is 2. The first-order valence-electron chi connectivity index (χ1n) is 6.03. The van der Waals surface area contributed by atoms with E-state index in [2.05, 4.69) is 22.0 Å². The maximum atomic E-state index is 8.97. The molecule has 0 radical (unpaired) electrons. The smallest absolute Gasteiger partial charge is 0.241 e. The zero-order chi connectivity index (χ0) is 12.8. The van der Waals surface area contributed by atoms with Crippen molar-refractivity contribution < 1.29 is 14.0 Å². The molecule has 0 unspecified atom stereocenters. The maximum Gasteiger partial charge on any atom is 0.241 e. The van der Waals surface area contributed by atoms with E-state index in [-0.39, 0.29) is 6.61 Å². The molecule has 0 fully saturated rings. The molecule has 0 amide bonds. The number of hydrogen-bond acceptors (Lipinski definition) is 6. The highest BCUT2D eigenvalue weighted by Crippen LogP contribution is 2.16. The van der Waals surface area contributed by atoms with Crippen molar-refractivity contribution in [1.82, 2.24) is 15.0 Å². The number of rotatable bonds is 7. The van der Waals surface area contributed by atoms with E-state index in [1.165, 1.54) is 0 Å². The lowest BCUT2D eigenvalue weighted by Crippen LogP contribution is -2.27. The summed E-state index contributed by atoms with van der Waals surface area (Å²) in [4.78, 5) is 6.33. The SMILES string of the molecule is CCCN(CCO)Cc1nc(-c2ccco2)no1. The van der Waals surface area contributed by atoms with E-state index in [1.807, 2.05) is 0 Å². The Morgan fingerprint density at radius 2 is 2.28 bits per heavy atom. The molecule has 0 saturated carbocycles. The molecule has 0 spiro atoms. The van der Waals surface area contributed by atoms with Gasteiger partial charge in [-0.25, -0.2) is 0 Å². The monoisotopic (exact) mass is 251 g/mol. The van der Waals surface area contributed by atoms with Crippen molar-refractivity contribution in [2.75, 3.05) is 19.7 Å². The number of aliphatic hydroxyl groups excluding tert-OH is 1. The molecule has 0 atom stereocenters. The van der Waals surface area contributed by atoms with Crippen LogP contribution in [0.4, 0.5) is 0 Å².